The average Bonchev–Trinajstić information content (AvgIpc) is 2.71. The maximum Gasteiger partial charge on any atom is 0.220 e. The van der Waals surface area contributed by atoms with Crippen LogP contribution in [0.2, 0.25) is 0 Å². The first-order valence-electron chi connectivity index (χ1n) is 9.93. The van der Waals surface area contributed by atoms with Crippen molar-refractivity contribution >= 4 is 27.7 Å². The molecule has 1 saturated heterocycles. The van der Waals surface area contributed by atoms with Crippen LogP contribution in [0, 0.1) is 0 Å². The number of carbonyl (C=O) groups excluding carboxylic acids is 1. The zero-order valence-corrected chi connectivity index (χ0v) is 18.0. The van der Waals surface area contributed by atoms with Crippen LogP contribution < -0.4 is 10.2 Å². The normalized spacial score (nSPS) is 16.8. The summed E-state index contributed by atoms with van der Waals surface area (Å²) in [5, 5.41) is 2.99. The van der Waals surface area contributed by atoms with E-state index in [2.05, 4.69) is 62.3 Å². The molecule has 0 bridgehead atoms. The van der Waals surface area contributed by atoms with E-state index in [1.807, 2.05) is 18.3 Å². The lowest BCUT2D eigenvalue weighted by atomic mass is 10.1. The Morgan fingerprint density at radius 1 is 1.21 bits per heavy atom. The number of pyridine rings is 1. The lowest BCUT2D eigenvalue weighted by molar-refractivity contribution is -0.121. The number of nitrogens with zero attached hydrogens (tertiary/aromatic N) is 2. The molecular formula is C22H28BrN3O2. The van der Waals surface area contributed by atoms with Crippen LogP contribution in [0.4, 0.5) is 5.82 Å². The number of anilines is 1. The van der Waals surface area contributed by atoms with E-state index in [1.165, 1.54) is 5.56 Å². The number of amides is 1. The van der Waals surface area contributed by atoms with Gasteiger partial charge in [0.25, 0.3) is 0 Å². The van der Waals surface area contributed by atoms with Crippen molar-refractivity contribution in [3.63, 3.8) is 0 Å². The second kappa shape index (κ2) is 10.6. The summed E-state index contributed by atoms with van der Waals surface area (Å²) in [6.45, 7) is 5.08. The first-order valence-corrected chi connectivity index (χ1v) is 10.7. The minimum Gasteiger partial charge on any atom is -0.375 e. The van der Waals surface area contributed by atoms with Gasteiger partial charge in [-0.3, -0.25) is 4.79 Å². The smallest absolute Gasteiger partial charge is 0.220 e. The largest absolute Gasteiger partial charge is 0.375 e. The quantitative estimate of drug-likeness (QED) is 0.621. The Labute approximate surface area is 175 Å². The van der Waals surface area contributed by atoms with Gasteiger partial charge >= 0.3 is 0 Å². The summed E-state index contributed by atoms with van der Waals surface area (Å²) in [6.07, 6.45) is 5.57. The maximum absolute atomic E-state index is 12.1. The van der Waals surface area contributed by atoms with Gasteiger partial charge in [-0.25, -0.2) is 4.98 Å². The van der Waals surface area contributed by atoms with Gasteiger partial charge in [0.15, 0.2) is 0 Å². The third-order valence-electron chi connectivity index (χ3n) is 4.90. The summed E-state index contributed by atoms with van der Waals surface area (Å²) in [5.74, 6) is 1.07. The Kier molecular flexibility index (Phi) is 7.86. The second-order valence-electron chi connectivity index (χ2n) is 7.26. The maximum atomic E-state index is 12.1. The third kappa shape index (κ3) is 6.60. The van der Waals surface area contributed by atoms with E-state index in [0.29, 0.717) is 13.0 Å². The molecule has 2 aromatic rings. The van der Waals surface area contributed by atoms with E-state index in [9.17, 15) is 4.79 Å². The topological polar surface area (TPSA) is 54.5 Å². The molecule has 0 saturated carbocycles. The molecule has 28 heavy (non-hydrogen) atoms. The number of hydrogen-bond donors (Lipinski definition) is 1. The first-order chi connectivity index (χ1) is 13.6. The van der Waals surface area contributed by atoms with Crippen molar-refractivity contribution in [3.05, 3.63) is 58.2 Å². The number of halogens is 1. The van der Waals surface area contributed by atoms with E-state index in [1.54, 1.807) is 0 Å². The molecule has 0 spiro atoms. The zero-order valence-electron chi connectivity index (χ0n) is 16.4. The summed E-state index contributed by atoms with van der Waals surface area (Å²) in [7, 11) is 0. The van der Waals surface area contributed by atoms with Crippen molar-refractivity contribution in [2.45, 2.75) is 45.3 Å². The number of benzene rings is 1. The molecule has 0 radical (unpaired) electrons. The zero-order chi connectivity index (χ0) is 19.8. The van der Waals surface area contributed by atoms with Crippen LogP contribution in [0.15, 0.2) is 47.1 Å². The molecule has 1 aliphatic heterocycles. The lowest BCUT2D eigenvalue weighted by Gasteiger charge is -2.32. The first kappa shape index (κ1) is 20.8. The number of nitrogens with one attached hydrogen (secondary N) is 1. The van der Waals surface area contributed by atoms with E-state index in [4.69, 9.17) is 4.74 Å². The van der Waals surface area contributed by atoms with E-state index < -0.39 is 0 Å². The van der Waals surface area contributed by atoms with Gasteiger partial charge in [0.1, 0.15) is 5.82 Å². The molecule has 1 atom stereocenters. The molecule has 5 nitrogen and oxygen atoms in total. The molecule has 1 N–H and O–H groups in total. The third-order valence-corrected chi connectivity index (χ3v) is 5.43. The van der Waals surface area contributed by atoms with Gasteiger partial charge in [-0.2, -0.15) is 0 Å². The Morgan fingerprint density at radius 3 is 2.71 bits per heavy atom. The van der Waals surface area contributed by atoms with E-state index >= 15 is 0 Å². The van der Waals surface area contributed by atoms with Crippen LogP contribution >= 0.6 is 15.9 Å². The minimum atomic E-state index is 0.0990. The van der Waals surface area contributed by atoms with Crippen molar-refractivity contribution < 1.29 is 9.53 Å². The number of hydrogen-bond acceptors (Lipinski definition) is 4. The van der Waals surface area contributed by atoms with E-state index in [-0.39, 0.29) is 12.0 Å². The molecule has 3 rings (SSSR count). The van der Waals surface area contributed by atoms with Gasteiger partial charge in [0.2, 0.25) is 5.91 Å². The number of rotatable bonds is 8. The Balaban J connectivity index is 1.34. The molecule has 1 aromatic heterocycles. The Bertz CT molecular complexity index is 749. The fraction of sp³-hybridized carbons (Fsp3) is 0.455. The van der Waals surface area contributed by atoms with Crippen molar-refractivity contribution in [1.29, 1.82) is 0 Å². The predicted molar refractivity (Wildman–Crippen MR) is 115 cm³/mol. The lowest BCUT2D eigenvalue weighted by Crippen LogP contribution is -2.41. The highest BCUT2D eigenvalue weighted by molar-refractivity contribution is 9.10. The molecule has 1 unspecified atom stereocenters. The van der Waals surface area contributed by atoms with Gasteiger partial charge in [0, 0.05) is 36.7 Å². The standard InChI is InChI=1S/C22H28BrN3O2/c1-17-16-26(12-13-28-17)21-11-8-19(14-24-21)15-25-22(27)5-3-2-4-18-6-9-20(23)10-7-18/h6-11,14,17H,2-5,12-13,15-16H2,1H3,(H,25,27). The summed E-state index contributed by atoms with van der Waals surface area (Å²) >= 11 is 3.44. The number of aromatic nitrogens is 1. The molecule has 150 valence electrons. The Hall–Kier alpha value is -1.92. The fourth-order valence-corrected chi connectivity index (χ4v) is 3.55. The summed E-state index contributed by atoms with van der Waals surface area (Å²) in [6, 6.07) is 12.4. The van der Waals surface area contributed by atoms with E-state index in [0.717, 1.165) is 54.8 Å². The molecular weight excluding hydrogens is 418 g/mol. The highest BCUT2D eigenvalue weighted by Crippen LogP contribution is 2.16. The van der Waals surface area contributed by atoms with Crippen LogP contribution in [0.3, 0.4) is 0 Å². The van der Waals surface area contributed by atoms with Gasteiger partial charge in [-0.05, 0) is 55.5 Å². The van der Waals surface area contributed by atoms with Crippen molar-refractivity contribution in [2.75, 3.05) is 24.6 Å². The van der Waals surface area contributed by atoms with Crippen LogP contribution in [0.25, 0.3) is 0 Å². The molecule has 0 aliphatic carbocycles. The number of carbonyl (C=O) groups is 1. The van der Waals surface area contributed by atoms with Crippen LogP contribution in [-0.2, 0) is 22.5 Å². The number of unbranched alkanes of at least 4 members (excludes halogenated alkanes) is 1. The minimum absolute atomic E-state index is 0.0990. The van der Waals surface area contributed by atoms with Crippen molar-refractivity contribution in [3.8, 4) is 0 Å². The Morgan fingerprint density at radius 2 is 2.00 bits per heavy atom. The SMILES string of the molecule is CC1CN(c2ccc(CNC(=O)CCCCc3ccc(Br)cc3)cn2)CCO1. The molecule has 1 amide bonds. The summed E-state index contributed by atoms with van der Waals surface area (Å²) < 4.78 is 6.66. The number of morpholine rings is 1. The molecule has 1 fully saturated rings. The highest BCUT2D eigenvalue weighted by Gasteiger charge is 2.17. The van der Waals surface area contributed by atoms with Gasteiger partial charge < -0.3 is 15.0 Å². The number of aryl methyl sites for hydroxylation is 1. The average molecular weight is 446 g/mol. The number of ether oxygens (including phenoxy) is 1. The van der Waals surface area contributed by atoms with Crippen LogP contribution in [0.1, 0.15) is 37.3 Å². The molecule has 1 aliphatic rings. The van der Waals surface area contributed by atoms with Crippen molar-refractivity contribution in [2.24, 2.45) is 0 Å². The van der Waals surface area contributed by atoms with Gasteiger partial charge in [0.05, 0.1) is 12.7 Å². The van der Waals surface area contributed by atoms with Crippen molar-refractivity contribution in [1.82, 2.24) is 10.3 Å². The predicted octanol–water partition coefficient (Wildman–Crippen LogP) is 4.10. The molecule has 1 aromatic carbocycles. The van der Waals surface area contributed by atoms with Gasteiger partial charge in [-0.15, -0.1) is 0 Å². The highest BCUT2D eigenvalue weighted by atomic mass is 79.9. The fourth-order valence-electron chi connectivity index (χ4n) is 3.29. The van der Waals surface area contributed by atoms with Gasteiger partial charge in [-0.1, -0.05) is 34.1 Å². The summed E-state index contributed by atoms with van der Waals surface area (Å²) in [5.41, 5.74) is 2.33. The molecule has 2 heterocycles. The summed E-state index contributed by atoms with van der Waals surface area (Å²) in [4.78, 5) is 18.8. The second-order valence-corrected chi connectivity index (χ2v) is 8.18. The monoisotopic (exact) mass is 445 g/mol. The van der Waals surface area contributed by atoms with Crippen LogP contribution in [-0.4, -0.2) is 36.7 Å². The van der Waals surface area contributed by atoms with Crippen LogP contribution in [0.5, 0.6) is 0 Å². The molecule has 6 heteroatoms.